The van der Waals surface area contributed by atoms with Crippen LogP contribution >= 0.6 is 15.9 Å². The highest BCUT2D eigenvalue weighted by molar-refractivity contribution is 9.10. The van der Waals surface area contributed by atoms with Crippen molar-refractivity contribution in [2.45, 2.75) is 26.0 Å². The summed E-state index contributed by atoms with van der Waals surface area (Å²) in [6.07, 6.45) is 2.08. The van der Waals surface area contributed by atoms with E-state index in [0.29, 0.717) is 4.47 Å². The maximum atomic E-state index is 13.9. The van der Waals surface area contributed by atoms with E-state index in [4.69, 9.17) is 4.74 Å². The minimum absolute atomic E-state index is 0.206. The van der Waals surface area contributed by atoms with Crippen LogP contribution in [0.2, 0.25) is 0 Å². The molecule has 0 radical (unpaired) electrons. The van der Waals surface area contributed by atoms with Crippen LogP contribution in [0, 0.1) is 5.82 Å². The molecule has 5 nitrogen and oxygen atoms in total. The highest BCUT2D eigenvalue weighted by atomic mass is 79.9. The predicted octanol–water partition coefficient (Wildman–Crippen LogP) is 3.86. The van der Waals surface area contributed by atoms with E-state index in [-0.39, 0.29) is 24.5 Å². The molecule has 0 spiro atoms. The van der Waals surface area contributed by atoms with Gasteiger partial charge in [-0.05, 0) is 23.8 Å². The first-order chi connectivity index (χ1) is 12.9. The van der Waals surface area contributed by atoms with Crippen LogP contribution < -0.4 is 5.32 Å². The second-order valence-electron chi connectivity index (χ2n) is 6.16. The first-order valence-electron chi connectivity index (χ1n) is 8.36. The van der Waals surface area contributed by atoms with Gasteiger partial charge in [0.2, 0.25) is 5.91 Å². The molecule has 0 bridgehead atoms. The van der Waals surface area contributed by atoms with E-state index in [1.54, 1.807) is 18.3 Å². The third kappa shape index (κ3) is 4.74. The molecule has 0 saturated heterocycles. The Kier molecular flexibility index (Phi) is 5.91. The number of esters is 1. The van der Waals surface area contributed by atoms with Crippen molar-refractivity contribution in [2.75, 3.05) is 0 Å². The molecule has 0 aliphatic carbocycles. The summed E-state index contributed by atoms with van der Waals surface area (Å²) in [4.78, 5) is 27.2. The molecule has 3 rings (SSSR count). The number of amides is 1. The summed E-state index contributed by atoms with van der Waals surface area (Å²) in [5, 5.41) is 3.59. The van der Waals surface area contributed by atoms with Crippen LogP contribution in [0.25, 0.3) is 10.9 Å². The Morgan fingerprint density at radius 3 is 2.74 bits per heavy atom. The monoisotopic (exact) mass is 432 g/mol. The number of nitrogens with one attached hydrogen (secondary N) is 2. The Morgan fingerprint density at radius 2 is 2.00 bits per heavy atom. The molecule has 0 aliphatic heterocycles. The van der Waals surface area contributed by atoms with E-state index in [2.05, 4.69) is 26.2 Å². The number of benzene rings is 2. The maximum absolute atomic E-state index is 13.9. The van der Waals surface area contributed by atoms with E-state index in [9.17, 15) is 14.0 Å². The minimum atomic E-state index is -0.861. The molecule has 1 atom stereocenters. The number of halogens is 2. The van der Waals surface area contributed by atoms with Crippen LogP contribution in [0.4, 0.5) is 4.39 Å². The second kappa shape index (κ2) is 8.35. The van der Waals surface area contributed by atoms with Crippen molar-refractivity contribution in [1.82, 2.24) is 10.3 Å². The maximum Gasteiger partial charge on any atom is 0.329 e. The molecular weight excluding hydrogens is 415 g/mol. The zero-order valence-corrected chi connectivity index (χ0v) is 16.2. The number of fused-ring (bicyclic) bond motifs is 1. The van der Waals surface area contributed by atoms with Crippen LogP contribution in [-0.2, 0) is 27.4 Å². The van der Waals surface area contributed by atoms with Crippen molar-refractivity contribution >= 4 is 38.7 Å². The number of hydrogen-bond acceptors (Lipinski definition) is 3. The Balaban J connectivity index is 1.73. The fourth-order valence-corrected chi connectivity index (χ4v) is 3.18. The molecule has 0 saturated carbocycles. The topological polar surface area (TPSA) is 71.2 Å². The lowest BCUT2D eigenvalue weighted by molar-refractivity contribution is -0.149. The normalized spacial score (nSPS) is 12.0. The van der Waals surface area contributed by atoms with E-state index in [1.165, 1.54) is 13.0 Å². The van der Waals surface area contributed by atoms with Crippen molar-refractivity contribution in [3.63, 3.8) is 0 Å². The Hall–Kier alpha value is -2.67. The molecule has 2 aromatic carbocycles. The van der Waals surface area contributed by atoms with Gasteiger partial charge in [-0.25, -0.2) is 9.18 Å². The third-order valence-corrected chi connectivity index (χ3v) is 4.64. The van der Waals surface area contributed by atoms with Crippen molar-refractivity contribution < 1.29 is 18.7 Å². The van der Waals surface area contributed by atoms with Crippen LogP contribution in [0.3, 0.4) is 0 Å². The number of carbonyl (C=O) groups excluding carboxylic acids is 2. The summed E-state index contributed by atoms with van der Waals surface area (Å²) in [6, 6.07) is 11.3. The van der Waals surface area contributed by atoms with Crippen LogP contribution in [0.1, 0.15) is 18.1 Å². The summed E-state index contributed by atoms with van der Waals surface area (Å²) >= 11 is 3.18. The van der Waals surface area contributed by atoms with E-state index >= 15 is 0 Å². The van der Waals surface area contributed by atoms with Crippen molar-refractivity contribution in [1.29, 1.82) is 0 Å². The number of hydrogen-bond donors (Lipinski definition) is 2. The van der Waals surface area contributed by atoms with E-state index in [1.807, 2.05) is 24.3 Å². The van der Waals surface area contributed by atoms with E-state index in [0.717, 1.165) is 16.5 Å². The molecule has 1 aromatic heterocycles. The van der Waals surface area contributed by atoms with Crippen molar-refractivity contribution in [3.05, 3.63) is 70.1 Å². The molecule has 27 heavy (non-hydrogen) atoms. The fourth-order valence-electron chi connectivity index (χ4n) is 2.85. The smallest absolute Gasteiger partial charge is 0.329 e. The molecule has 0 unspecified atom stereocenters. The summed E-state index contributed by atoms with van der Waals surface area (Å²) < 4.78 is 19.8. The van der Waals surface area contributed by atoms with Gasteiger partial charge in [-0.2, -0.15) is 0 Å². The number of H-pyrrole nitrogens is 1. The molecular formula is C20H18BrFN2O3. The van der Waals surface area contributed by atoms with Gasteiger partial charge < -0.3 is 15.0 Å². The van der Waals surface area contributed by atoms with Gasteiger partial charge in [0.15, 0.2) is 0 Å². The van der Waals surface area contributed by atoms with Gasteiger partial charge in [0.25, 0.3) is 0 Å². The van der Waals surface area contributed by atoms with Gasteiger partial charge in [-0.3, -0.25) is 4.79 Å². The largest absolute Gasteiger partial charge is 0.459 e. The van der Waals surface area contributed by atoms with Crippen LogP contribution in [0.15, 0.2) is 53.1 Å². The highest BCUT2D eigenvalue weighted by Gasteiger charge is 2.23. The lowest BCUT2D eigenvalue weighted by Gasteiger charge is -2.17. The lowest BCUT2D eigenvalue weighted by Crippen LogP contribution is -2.42. The number of aromatic amines is 1. The summed E-state index contributed by atoms with van der Waals surface area (Å²) in [6.45, 7) is 1.13. The average Bonchev–Trinajstić information content (AvgIpc) is 3.03. The zero-order chi connectivity index (χ0) is 19.4. The van der Waals surface area contributed by atoms with E-state index < -0.39 is 17.8 Å². The standard InChI is InChI=1S/C20H18BrFN2O3/c1-12(25)24-19(8-14-10-23-18-5-3-2-4-16(14)18)20(26)27-11-13-6-7-15(21)9-17(13)22/h2-7,9-10,19,23H,8,11H2,1H3,(H,24,25)/t19-/m0/s1. The molecule has 1 heterocycles. The van der Waals surface area contributed by atoms with Crippen molar-refractivity contribution in [3.8, 4) is 0 Å². The third-order valence-electron chi connectivity index (χ3n) is 4.15. The number of carbonyl (C=O) groups is 2. The predicted molar refractivity (Wildman–Crippen MR) is 104 cm³/mol. The van der Waals surface area contributed by atoms with Crippen LogP contribution in [-0.4, -0.2) is 22.9 Å². The molecule has 1 amide bonds. The number of aromatic nitrogens is 1. The molecule has 140 valence electrons. The quantitative estimate of drug-likeness (QED) is 0.580. The average molecular weight is 433 g/mol. The summed E-state index contributed by atoms with van der Waals surface area (Å²) in [5.41, 5.74) is 2.09. The lowest BCUT2D eigenvalue weighted by atomic mass is 10.0. The number of rotatable bonds is 6. The highest BCUT2D eigenvalue weighted by Crippen LogP contribution is 2.20. The fraction of sp³-hybridized carbons (Fsp3) is 0.200. The summed E-state index contributed by atoms with van der Waals surface area (Å²) in [5.74, 6) is -1.42. The molecule has 2 N–H and O–H groups in total. The molecule has 7 heteroatoms. The Morgan fingerprint density at radius 1 is 1.22 bits per heavy atom. The van der Waals surface area contributed by atoms with Gasteiger partial charge in [0, 0.05) is 40.5 Å². The Labute approximate surface area is 164 Å². The second-order valence-corrected chi connectivity index (χ2v) is 7.08. The molecule has 0 fully saturated rings. The summed E-state index contributed by atoms with van der Waals surface area (Å²) in [7, 11) is 0. The number of ether oxygens (including phenoxy) is 1. The van der Waals surface area contributed by atoms with Gasteiger partial charge in [0.05, 0.1) is 0 Å². The van der Waals surface area contributed by atoms with Gasteiger partial charge in [0.1, 0.15) is 18.5 Å². The minimum Gasteiger partial charge on any atom is -0.459 e. The SMILES string of the molecule is CC(=O)N[C@@H](Cc1c[nH]c2ccccc12)C(=O)OCc1ccc(Br)cc1F. The van der Waals surface area contributed by atoms with Crippen molar-refractivity contribution in [2.24, 2.45) is 0 Å². The first-order valence-corrected chi connectivity index (χ1v) is 9.16. The van der Waals surface area contributed by atoms with Gasteiger partial charge in [-0.1, -0.05) is 40.2 Å². The van der Waals surface area contributed by atoms with Gasteiger partial charge in [-0.15, -0.1) is 0 Å². The van der Waals surface area contributed by atoms with Crippen LogP contribution in [0.5, 0.6) is 0 Å². The Bertz CT molecular complexity index is 986. The number of para-hydroxylation sites is 1. The zero-order valence-electron chi connectivity index (χ0n) is 14.6. The molecule has 3 aromatic rings. The van der Waals surface area contributed by atoms with Gasteiger partial charge >= 0.3 is 5.97 Å². The first kappa shape index (κ1) is 19.1. The molecule has 0 aliphatic rings.